The molecule has 1 aliphatic heterocycles. The number of nitrogens with one attached hydrogen (secondary N) is 2. The number of carbonyl (C=O) groups excluding carboxylic acids is 4. The first-order valence-electron chi connectivity index (χ1n) is 9.01. The van der Waals surface area contributed by atoms with E-state index in [1.807, 2.05) is 6.92 Å². The Labute approximate surface area is 164 Å². The molecule has 1 saturated heterocycles. The number of hydrogen-bond acceptors (Lipinski definition) is 7. The zero-order valence-electron chi connectivity index (χ0n) is 15.9. The molecule has 10 heteroatoms. The minimum absolute atomic E-state index is 0.0417. The second kappa shape index (κ2) is 11.5. The molecule has 152 valence electrons. The second-order valence-corrected chi connectivity index (χ2v) is 6.46. The quantitative estimate of drug-likeness (QED) is 0.440. The normalized spacial score (nSPS) is 17.5. The van der Waals surface area contributed by atoms with Crippen LogP contribution in [-0.4, -0.2) is 65.6 Å². The fraction of sp³-hybridized carbons (Fsp3) is 0.706. The van der Waals surface area contributed by atoms with E-state index >= 15 is 0 Å². The summed E-state index contributed by atoms with van der Waals surface area (Å²) in [6, 6.07) is -0.854. The molecule has 0 radical (unpaired) electrons. The Hall–Kier alpha value is -2.23. The van der Waals surface area contributed by atoms with Crippen LogP contribution in [0.15, 0.2) is 0 Å². The minimum Gasteiger partial charge on any atom is -0.466 e. The standard InChI is InChI=1S/C17H27N3O6S/c1-4-11(3)26-15(23)10-12-16(24)18-8-9-20(12)17(27)19-13(21)6-7-14(22)25-5-2/h11-12H,4-10H2,1-3H3,(H,18,24)(H,19,21,27). The number of rotatable bonds is 8. The zero-order chi connectivity index (χ0) is 20.4. The van der Waals surface area contributed by atoms with Crippen molar-refractivity contribution in [2.24, 2.45) is 0 Å². The molecule has 27 heavy (non-hydrogen) atoms. The van der Waals surface area contributed by atoms with Crippen LogP contribution < -0.4 is 10.6 Å². The van der Waals surface area contributed by atoms with Gasteiger partial charge in [0.25, 0.3) is 0 Å². The third-order valence-corrected chi connectivity index (χ3v) is 4.30. The summed E-state index contributed by atoms with van der Waals surface area (Å²) in [5, 5.41) is 5.22. The summed E-state index contributed by atoms with van der Waals surface area (Å²) >= 11 is 5.22. The third-order valence-electron chi connectivity index (χ3n) is 3.97. The van der Waals surface area contributed by atoms with Gasteiger partial charge in [0.05, 0.1) is 25.6 Å². The van der Waals surface area contributed by atoms with Crippen molar-refractivity contribution < 1.29 is 28.7 Å². The van der Waals surface area contributed by atoms with Crippen molar-refractivity contribution in [2.75, 3.05) is 19.7 Å². The van der Waals surface area contributed by atoms with Gasteiger partial charge in [-0.1, -0.05) is 6.92 Å². The monoisotopic (exact) mass is 401 g/mol. The highest BCUT2D eigenvalue weighted by Crippen LogP contribution is 2.12. The van der Waals surface area contributed by atoms with Crippen LogP contribution in [0.2, 0.25) is 0 Å². The fourth-order valence-corrected chi connectivity index (χ4v) is 2.71. The smallest absolute Gasteiger partial charge is 0.308 e. The van der Waals surface area contributed by atoms with Gasteiger partial charge in [0.2, 0.25) is 11.8 Å². The summed E-state index contributed by atoms with van der Waals surface area (Å²) in [4.78, 5) is 49.0. The predicted molar refractivity (Wildman–Crippen MR) is 101 cm³/mol. The van der Waals surface area contributed by atoms with Crippen molar-refractivity contribution in [1.29, 1.82) is 0 Å². The molecule has 0 aliphatic carbocycles. The predicted octanol–water partition coefficient (Wildman–Crippen LogP) is 0.263. The van der Waals surface area contributed by atoms with Gasteiger partial charge < -0.3 is 25.0 Å². The van der Waals surface area contributed by atoms with Crippen molar-refractivity contribution >= 4 is 41.1 Å². The number of thiocarbonyl (C=S) groups is 1. The molecule has 0 bridgehead atoms. The lowest BCUT2D eigenvalue weighted by molar-refractivity contribution is -0.151. The molecule has 9 nitrogen and oxygen atoms in total. The maximum atomic E-state index is 12.2. The first-order valence-corrected chi connectivity index (χ1v) is 9.42. The maximum Gasteiger partial charge on any atom is 0.308 e. The third kappa shape index (κ3) is 7.90. The molecule has 2 atom stereocenters. The number of esters is 2. The first-order chi connectivity index (χ1) is 12.8. The largest absolute Gasteiger partial charge is 0.466 e. The number of ether oxygens (including phenoxy) is 2. The van der Waals surface area contributed by atoms with Gasteiger partial charge in [-0.05, 0) is 32.5 Å². The van der Waals surface area contributed by atoms with Gasteiger partial charge in [0.15, 0.2) is 5.11 Å². The Morgan fingerprint density at radius 2 is 2.00 bits per heavy atom. The molecule has 1 rings (SSSR count). The molecule has 2 unspecified atom stereocenters. The van der Waals surface area contributed by atoms with E-state index in [1.54, 1.807) is 13.8 Å². The van der Waals surface area contributed by atoms with E-state index in [-0.39, 0.29) is 43.0 Å². The lowest BCUT2D eigenvalue weighted by atomic mass is 10.1. The van der Waals surface area contributed by atoms with Crippen molar-refractivity contribution in [3.05, 3.63) is 0 Å². The van der Waals surface area contributed by atoms with Crippen molar-refractivity contribution in [3.63, 3.8) is 0 Å². The molecule has 1 aliphatic rings. The Bertz CT molecular complexity index is 583. The maximum absolute atomic E-state index is 12.2. The summed E-state index contributed by atoms with van der Waals surface area (Å²) < 4.78 is 9.98. The number of hydrogen-bond donors (Lipinski definition) is 2. The van der Waals surface area contributed by atoms with Crippen LogP contribution in [0.25, 0.3) is 0 Å². The number of amides is 2. The molecule has 0 aromatic rings. The molecular weight excluding hydrogens is 374 g/mol. The Morgan fingerprint density at radius 3 is 2.63 bits per heavy atom. The van der Waals surface area contributed by atoms with Crippen LogP contribution in [-0.2, 0) is 28.7 Å². The van der Waals surface area contributed by atoms with Crippen molar-refractivity contribution in [2.45, 2.75) is 58.6 Å². The highest BCUT2D eigenvalue weighted by molar-refractivity contribution is 7.80. The van der Waals surface area contributed by atoms with Crippen molar-refractivity contribution in [1.82, 2.24) is 15.5 Å². The van der Waals surface area contributed by atoms with Crippen LogP contribution in [0.1, 0.15) is 46.5 Å². The van der Waals surface area contributed by atoms with E-state index < -0.39 is 23.9 Å². The first kappa shape index (κ1) is 22.8. The number of carbonyl (C=O) groups is 4. The summed E-state index contributed by atoms with van der Waals surface area (Å²) in [7, 11) is 0. The van der Waals surface area contributed by atoms with Gasteiger partial charge >= 0.3 is 11.9 Å². The molecule has 2 amide bonds. The zero-order valence-corrected chi connectivity index (χ0v) is 16.7. The molecule has 2 N–H and O–H groups in total. The van der Waals surface area contributed by atoms with E-state index in [1.165, 1.54) is 4.90 Å². The van der Waals surface area contributed by atoms with Gasteiger partial charge in [-0.3, -0.25) is 19.2 Å². The molecule has 1 fully saturated rings. The summed E-state index contributed by atoms with van der Waals surface area (Å²) in [6.07, 6.45) is 0.107. The van der Waals surface area contributed by atoms with E-state index in [2.05, 4.69) is 10.6 Å². The lowest BCUT2D eigenvalue weighted by Gasteiger charge is -2.36. The second-order valence-electron chi connectivity index (χ2n) is 6.07. The van der Waals surface area contributed by atoms with Crippen LogP contribution in [0, 0.1) is 0 Å². The van der Waals surface area contributed by atoms with Gasteiger partial charge in [-0.15, -0.1) is 0 Å². The average Bonchev–Trinajstić information content (AvgIpc) is 2.61. The summed E-state index contributed by atoms with van der Waals surface area (Å²) in [6.45, 7) is 6.28. The van der Waals surface area contributed by atoms with Crippen LogP contribution >= 0.6 is 12.2 Å². The molecular formula is C17H27N3O6S. The molecule has 0 saturated carbocycles. The van der Waals surface area contributed by atoms with Crippen LogP contribution in [0.3, 0.4) is 0 Å². The van der Waals surface area contributed by atoms with Crippen molar-refractivity contribution in [3.8, 4) is 0 Å². The number of piperazine rings is 1. The fourth-order valence-electron chi connectivity index (χ4n) is 2.38. The molecule has 0 aromatic carbocycles. The summed E-state index contributed by atoms with van der Waals surface area (Å²) in [5.74, 6) is -1.79. The van der Waals surface area contributed by atoms with E-state index in [0.29, 0.717) is 19.5 Å². The summed E-state index contributed by atoms with van der Waals surface area (Å²) in [5.41, 5.74) is 0. The van der Waals surface area contributed by atoms with Gasteiger partial charge in [-0.25, -0.2) is 0 Å². The van der Waals surface area contributed by atoms with E-state index in [0.717, 1.165) is 0 Å². The van der Waals surface area contributed by atoms with Crippen LogP contribution in [0.4, 0.5) is 0 Å². The molecule has 1 heterocycles. The molecule has 0 spiro atoms. The Morgan fingerprint density at radius 1 is 1.30 bits per heavy atom. The average molecular weight is 401 g/mol. The minimum atomic E-state index is -0.854. The Kier molecular flexibility index (Phi) is 9.70. The molecule has 0 aromatic heterocycles. The lowest BCUT2D eigenvalue weighted by Crippen LogP contribution is -2.60. The van der Waals surface area contributed by atoms with Gasteiger partial charge in [-0.2, -0.15) is 0 Å². The topological polar surface area (TPSA) is 114 Å². The van der Waals surface area contributed by atoms with E-state index in [9.17, 15) is 19.2 Å². The van der Waals surface area contributed by atoms with E-state index in [4.69, 9.17) is 21.7 Å². The highest BCUT2D eigenvalue weighted by Gasteiger charge is 2.34. The van der Waals surface area contributed by atoms with Crippen LogP contribution in [0.5, 0.6) is 0 Å². The van der Waals surface area contributed by atoms with Gasteiger partial charge in [0, 0.05) is 19.5 Å². The Balaban J connectivity index is 2.63. The highest BCUT2D eigenvalue weighted by atomic mass is 32.1. The van der Waals surface area contributed by atoms with Gasteiger partial charge in [0.1, 0.15) is 6.04 Å². The SMILES string of the molecule is CCOC(=O)CCC(=O)NC(=S)N1CCNC(=O)C1CC(=O)OC(C)CC. The number of nitrogens with zero attached hydrogens (tertiary/aromatic N) is 1.